The normalized spacial score (nSPS) is 21.7. The zero-order chi connectivity index (χ0) is 11.2. The third-order valence-corrected chi connectivity index (χ3v) is 4.49. The van der Waals surface area contributed by atoms with E-state index >= 15 is 0 Å². The fraction of sp³-hybridized carbons (Fsp3) is 0.538. The van der Waals surface area contributed by atoms with Gasteiger partial charge in [-0.2, -0.15) is 0 Å². The molecule has 0 bridgehead atoms. The molecule has 0 aliphatic carbocycles. The molecule has 1 aromatic rings. The molecule has 1 aliphatic heterocycles. The van der Waals surface area contributed by atoms with Gasteiger partial charge < -0.3 is 5.32 Å². The van der Waals surface area contributed by atoms with Crippen molar-refractivity contribution in [3.05, 3.63) is 29.3 Å². The number of hydrogen-bond donors (Lipinski definition) is 1. The van der Waals surface area contributed by atoms with E-state index in [1.165, 1.54) is 43.0 Å². The Morgan fingerprint density at radius 1 is 1.19 bits per heavy atom. The van der Waals surface area contributed by atoms with E-state index in [0.717, 1.165) is 10.9 Å². The van der Waals surface area contributed by atoms with Gasteiger partial charge in [0.15, 0.2) is 0 Å². The fourth-order valence-electron chi connectivity index (χ4n) is 2.00. The van der Waals surface area contributed by atoms with Gasteiger partial charge in [-0.1, -0.05) is 11.6 Å². The number of rotatable bonds is 3. The van der Waals surface area contributed by atoms with Crippen LogP contribution in [-0.4, -0.2) is 18.8 Å². The molecule has 1 heterocycles. The van der Waals surface area contributed by atoms with Crippen LogP contribution < -0.4 is 5.32 Å². The molecule has 0 radical (unpaired) electrons. The number of thioether (sulfide) groups is 1. The minimum atomic E-state index is 0.822. The molecular weight excluding hydrogens is 238 g/mol. The van der Waals surface area contributed by atoms with E-state index in [-0.39, 0.29) is 0 Å². The highest BCUT2D eigenvalue weighted by Gasteiger charge is 2.11. The maximum atomic E-state index is 5.86. The smallest absolute Gasteiger partial charge is 0.0406 e. The van der Waals surface area contributed by atoms with Gasteiger partial charge in [-0.05, 0) is 62.5 Å². The van der Waals surface area contributed by atoms with Crippen molar-refractivity contribution in [3.8, 4) is 0 Å². The van der Waals surface area contributed by atoms with Crippen molar-refractivity contribution in [1.29, 1.82) is 0 Å². The molecule has 1 nitrogen and oxygen atoms in total. The van der Waals surface area contributed by atoms with Crippen molar-refractivity contribution < 1.29 is 0 Å². The lowest BCUT2D eigenvalue weighted by Crippen LogP contribution is -2.14. The van der Waals surface area contributed by atoms with Crippen LogP contribution in [-0.2, 0) is 0 Å². The second-order valence-electron chi connectivity index (χ2n) is 4.31. The summed E-state index contributed by atoms with van der Waals surface area (Å²) in [6, 6.07) is 8.17. The zero-order valence-corrected chi connectivity index (χ0v) is 11.0. The van der Waals surface area contributed by atoms with Crippen molar-refractivity contribution in [2.24, 2.45) is 5.92 Å². The number of nitrogens with one attached hydrogen (secondary N) is 1. The highest BCUT2D eigenvalue weighted by atomic mass is 35.5. The minimum absolute atomic E-state index is 0.822. The molecule has 1 unspecified atom stereocenters. The summed E-state index contributed by atoms with van der Waals surface area (Å²) in [5.41, 5.74) is 0. The average molecular weight is 256 g/mol. The van der Waals surface area contributed by atoms with E-state index in [4.69, 9.17) is 11.6 Å². The summed E-state index contributed by atoms with van der Waals surface area (Å²) in [5.74, 6) is 2.11. The predicted octanol–water partition coefficient (Wildman–Crippen LogP) is 3.82. The lowest BCUT2D eigenvalue weighted by atomic mass is 10.0. The molecule has 88 valence electrons. The van der Waals surface area contributed by atoms with Gasteiger partial charge in [-0.3, -0.25) is 0 Å². The molecule has 0 aromatic heterocycles. The summed E-state index contributed by atoms with van der Waals surface area (Å²) in [6.45, 7) is 2.38. The Kier molecular flexibility index (Phi) is 5.01. The summed E-state index contributed by atoms with van der Waals surface area (Å²) in [4.78, 5) is 1.33. The minimum Gasteiger partial charge on any atom is -0.317 e. The standard InChI is InChI=1S/C13H18ClNS/c14-12-3-5-13(6-4-12)16-10-11-2-1-8-15-9-7-11/h3-6,11,15H,1-2,7-10H2. The van der Waals surface area contributed by atoms with Crippen LogP contribution in [0.15, 0.2) is 29.2 Å². The van der Waals surface area contributed by atoms with E-state index in [0.29, 0.717) is 0 Å². The molecule has 1 fully saturated rings. The number of benzene rings is 1. The first-order valence-corrected chi connectivity index (χ1v) is 7.30. The molecule has 0 spiro atoms. The van der Waals surface area contributed by atoms with Crippen LogP contribution in [0.1, 0.15) is 19.3 Å². The Morgan fingerprint density at radius 3 is 2.81 bits per heavy atom. The van der Waals surface area contributed by atoms with E-state index in [9.17, 15) is 0 Å². The zero-order valence-electron chi connectivity index (χ0n) is 9.42. The van der Waals surface area contributed by atoms with E-state index in [1.54, 1.807) is 0 Å². The number of halogens is 1. The molecule has 1 aliphatic rings. The van der Waals surface area contributed by atoms with E-state index in [1.807, 2.05) is 23.9 Å². The van der Waals surface area contributed by atoms with Crippen LogP contribution in [0.4, 0.5) is 0 Å². The van der Waals surface area contributed by atoms with Gasteiger partial charge in [0.2, 0.25) is 0 Å². The lowest BCUT2D eigenvalue weighted by molar-refractivity contribution is 0.528. The molecule has 1 aromatic carbocycles. The third kappa shape index (κ3) is 4.00. The topological polar surface area (TPSA) is 12.0 Å². The maximum Gasteiger partial charge on any atom is 0.0406 e. The Bertz CT molecular complexity index is 304. The summed E-state index contributed by atoms with van der Waals surface area (Å²) in [7, 11) is 0. The van der Waals surface area contributed by atoms with Gasteiger partial charge in [0.25, 0.3) is 0 Å². The highest BCUT2D eigenvalue weighted by molar-refractivity contribution is 7.99. The van der Waals surface area contributed by atoms with Crippen LogP contribution in [0.5, 0.6) is 0 Å². The molecule has 1 atom stereocenters. The molecule has 2 rings (SSSR count). The van der Waals surface area contributed by atoms with Gasteiger partial charge in [-0.25, -0.2) is 0 Å². The summed E-state index contributed by atoms with van der Waals surface area (Å²) in [6.07, 6.45) is 4.01. The fourth-order valence-corrected chi connectivity index (χ4v) is 3.22. The second kappa shape index (κ2) is 6.53. The van der Waals surface area contributed by atoms with Gasteiger partial charge in [0, 0.05) is 15.7 Å². The first kappa shape index (κ1) is 12.3. The number of hydrogen-bond acceptors (Lipinski definition) is 2. The largest absolute Gasteiger partial charge is 0.317 e. The van der Waals surface area contributed by atoms with Crippen LogP contribution >= 0.6 is 23.4 Å². The quantitative estimate of drug-likeness (QED) is 0.824. The van der Waals surface area contributed by atoms with Crippen LogP contribution in [0.25, 0.3) is 0 Å². The molecule has 1 N–H and O–H groups in total. The van der Waals surface area contributed by atoms with Crippen LogP contribution in [0, 0.1) is 5.92 Å². The van der Waals surface area contributed by atoms with Crippen molar-refractivity contribution in [2.75, 3.05) is 18.8 Å². The summed E-state index contributed by atoms with van der Waals surface area (Å²) >= 11 is 7.82. The lowest BCUT2D eigenvalue weighted by Gasteiger charge is -2.12. The van der Waals surface area contributed by atoms with E-state index in [2.05, 4.69) is 17.4 Å². The SMILES string of the molecule is Clc1ccc(SCC2CCCNCC2)cc1. The molecule has 0 amide bonds. The van der Waals surface area contributed by atoms with Crippen LogP contribution in [0.2, 0.25) is 5.02 Å². The van der Waals surface area contributed by atoms with Crippen molar-refractivity contribution in [1.82, 2.24) is 5.32 Å². The molecule has 16 heavy (non-hydrogen) atoms. The predicted molar refractivity (Wildman–Crippen MR) is 72.4 cm³/mol. The maximum absolute atomic E-state index is 5.86. The Balaban J connectivity index is 1.79. The average Bonchev–Trinajstić information content (AvgIpc) is 2.57. The van der Waals surface area contributed by atoms with Crippen molar-refractivity contribution in [3.63, 3.8) is 0 Å². The summed E-state index contributed by atoms with van der Waals surface area (Å²) in [5, 5.41) is 4.28. The van der Waals surface area contributed by atoms with E-state index < -0.39 is 0 Å². The van der Waals surface area contributed by atoms with Crippen LogP contribution in [0.3, 0.4) is 0 Å². The first-order valence-electron chi connectivity index (χ1n) is 5.94. The van der Waals surface area contributed by atoms with Gasteiger partial charge in [-0.15, -0.1) is 11.8 Å². The van der Waals surface area contributed by atoms with Gasteiger partial charge in [0.05, 0.1) is 0 Å². The van der Waals surface area contributed by atoms with Gasteiger partial charge in [0.1, 0.15) is 0 Å². The monoisotopic (exact) mass is 255 g/mol. The van der Waals surface area contributed by atoms with Crippen molar-refractivity contribution in [2.45, 2.75) is 24.2 Å². The highest BCUT2D eigenvalue weighted by Crippen LogP contribution is 2.26. The molecule has 0 saturated carbocycles. The first-order chi connectivity index (χ1) is 7.84. The summed E-state index contributed by atoms with van der Waals surface area (Å²) < 4.78 is 0. The Hall–Kier alpha value is -0.180. The molecular formula is C13H18ClNS. The Labute approximate surface area is 107 Å². The molecule has 3 heteroatoms. The molecule has 1 saturated heterocycles. The van der Waals surface area contributed by atoms with Gasteiger partial charge >= 0.3 is 0 Å². The second-order valence-corrected chi connectivity index (χ2v) is 5.84. The Morgan fingerprint density at radius 2 is 2.00 bits per heavy atom. The van der Waals surface area contributed by atoms with Crippen molar-refractivity contribution >= 4 is 23.4 Å². The third-order valence-electron chi connectivity index (χ3n) is 2.99.